The van der Waals surface area contributed by atoms with E-state index in [-0.39, 0.29) is 0 Å². The molecule has 1 unspecified atom stereocenters. The van der Waals surface area contributed by atoms with Crippen LogP contribution >= 0.6 is 11.6 Å². The fraction of sp³-hybridized carbons (Fsp3) is 0.786. The van der Waals surface area contributed by atoms with Gasteiger partial charge in [0, 0.05) is 12.5 Å². The molecule has 1 aromatic rings. The zero-order chi connectivity index (χ0) is 12.7. The maximum atomic E-state index is 6.33. The Balaban J connectivity index is 1.87. The van der Waals surface area contributed by atoms with Gasteiger partial charge in [0.05, 0.1) is 5.69 Å². The van der Waals surface area contributed by atoms with Crippen LogP contribution in [0.1, 0.15) is 43.6 Å². The second kappa shape index (κ2) is 4.86. The molecule has 0 radical (unpaired) electrons. The maximum absolute atomic E-state index is 6.33. The van der Waals surface area contributed by atoms with Gasteiger partial charge >= 0.3 is 0 Å². The summed E-state index contributed by atoms with van der Waals surface area (Å²) in [6.07, 6.45) is 4.80. The van der Waals surface area contributed by atoms with E-state index in [1.54, 1.807) is 0 Å². The number of likely N-dealkylation sites (tertiary alicyclic amines) is 1. The van der Waals surface area contributed by atoms with E-state index in [2.05, 4.69) is 28.4 Å². The molecule has 0 aromatic carbocycles. The molecule has 100 valence electrons. The van der Waals surface area contributed by atoms with Gasteiger partial charge in [-0.2, -0.15) is 0 Å². The van der Waals surface area contributed by atoms with Crippen LogP contribution in [0.3, 0.4) is 0 Å². The van der Waals surface area contributed by atoms with Gasteiger partial charge in [0.15, 0.2) is 5.15 Å². The molecule has 2 aliphatic heterocycles. The van der Waals surface area contributed by atoms with Gasteiger partial charge in [0.25, 0.3) is 0 Å². The SMILES string of the molecule is CC1CCn2c(C3CCN(C)CC3)nc(Cl)c2C1. The zero-order valence-electron chi connectivity index (χ0n) is 11.3. The first-order valence-corrected chi connectivity index (χ1v) is 7.46. The lowest BCUT2D eigenvalue weighted by Crippen LogP contribution is -2.31. The molecule has 4 heteroatoms. The molecular formula is C14H22ClN3. The van der Waals surface area contributed by atoms with Gasteiger partial charge in [-0.1, -0.05) is 18.5 Å². The van der Waals surface area contributed by atoms with E-state index in [9.17, 15) is 0 Å². The van der Waals surface area contributed by atoms with Crippen LogP contribution in [0, 0.1) is 5.92 Å². The average Bonchev–Trinajstić information content (AvgIpc) is 2.68. The minimum Gasteiger partial charge on any atom is -0.330 e. The van der Waals surface area contributed by atoms with Crippen LogP contribution in [0.2, 0.25) is 5.15 Å². The van der Waals surface area contributed by atoms with Crippen molar-refractivity contribution >= 4 is 11.6 Å². The molecule has 0 spiro atoms. The number of halogens is 1. The fourth-order valence-electron chi connectivity index (χ4n) is 3.28. The van der Waals surface area contributed by atoms with Gasteiger partial charge in [-0.3, -0.25) is 0 Å². The highest BCUT2D eigenvalue weighted by Crippen LogP contribution is 2.34. The molecule has 3 heterocycles. The molecule has 1 saturated heterocycles. The summed E-state index contributed by atoms with van der Waals surface area (Å²) in [5.41, 5.74) is 1.28. The number of piperidine rings is 1. The van der Waals surface area contributed by atoms with Gasteiger partial charge < -0.3 is 9.47 Å². The Labute approximate surface area is 114 Å². The van der Waals surface area contributed by atoms with Crippen molar-refractivity contribution in [1.82, 2.24) is 14.5 Å². The Morgan fingerprint density at radius 3 is 2.61 bits per heavy atom. The standard InChI is InChI=1S/C14H22ClN3/c1-10-3-8-18-12(9-10)13(15)16-14(18)11-4-6-17(2)7-5-11/h10-11H,3-9H2,1-2H3. The van der Waals surface area contributed by atoms with Gasteiger partial charge in [-0.15, -0.1) is 0 Å². The number of aromatic nitrogens is 2. The summed E-state index contributed by atoms with van der Waals surface area (Å²) in [7, 11) is 2.20. The first-order chi connectivity index (χ1) is 8.65. The molecular weight excluding hydrogens is 246 g/mol. The summed E-state index contributed by atoms with van der Waals surface area (Å²) in [5, 5.41) is 0.760. The third kappa shape index (κ3) is 2.19. The summed E-state index contributed by atoms with van der Waals surface area (Å²) >= 11 is 6.33. The van der Waals surface area contributed by atoms with Crippen LogP contribution in [0.15, 0.2) is 0 Å². The minimum atomic E-state index is 0.612. The van der Waals surface area contributed by atoms with Crippen LogP contribution in [0.4, 0.5) is 0 Å². The Morgan fingerprint density at radius 2 is 1.89 bits per heavy atom. The molecule has 0 aliphatic carbocycles. The highest BCUT2D eigenvalue weighted by Gasteiger charge is 2.28. The first kappa shape index (κ1) is 12.5. The molecule has 18 heavy (non-hydrogen) atoms. The summed E-state index contributed by atoms with van der Waals surface area (Å²) in [4.78, 5) is 7.09. The van der Waals surface area contributed by atoms with E-state index >= 15 is 0 Å². The lowest BCUT2D eigenvalue weighted by Gasteiger charge is -2.30. The number of nitrogens with zero attached hydrogens (tertiary/aromatic N) is 3. The lowest BCUT2D eigenvalue weighted by atomic mass is 9.94. The molecule has 2 aliphatic rings. The van der Waals surface area contributed by atoms with E-state index < -0.39 is 0 Å². The normalized spacial score (nSPS) is 26.3. The Bertz CT molecular complexity index is 432. The highest BCUT2D eigenvalue weighted by atomic mass is 35.5. The second-order valence-corrected chi connectivity index (χ2v) is 6.39. The third-order valence-electron chi connectivity index (χ3n) is 4.52. The van der Waals surface area contributed by atoms with E-state index in [1.165, 1.54) is 43.9 Å². The fourth-order valence-corrected chi connectivity index (χ4v) is 3.54. The molecule has 1 aromatic heterocycles. The summed E-state index contributed by atoms with van der Waals surface area (Å²) in [6, 6.07) is 0. The molecule has 3 rings (SSSR count). The topological polar surface area (TPSA) is 21.1 Å². The largest absolute Gasteiger partial charge is 0.330 e. The van der Waals surface area contributed by atoms with Crippen molar-refractivity contribution in [3.05, 3.63) is 16.7 Å². The van der Waals surface area contributed by atoms with Crippen LogP contribution in [-0.4, -0.2) is 34.6 Å². The summed E-state index contributed by atoms with van der Waals surface area (Å²) < 4.78 is 2.42. The highest BCUT2D eigenvalue weighted by molar-refractivity contribution is 6.30. The van der Waals surface area contributed by atoms with Gasteiger partial charge in [0.2, 0.25) is 0 Å². The molecule has 0 bridgehead atoms. The van der Waals surface area contributed by atoms with Crippen LogP contribution in [-0.2, 0) is 13.0 Å². The molecule has 0 saturated carbocycles. The number of imidazole rings is 1. The van der Waals surface area contributed by atoms with Crippen LogP contribution in [0.25, 0.3) is 0 Å². The zero-order valence-corrected chi connectivity index (χ0v) is 12.1. The van der Waals surface area contributed by atoms with Crippen molar-refractivity contribution in [3.63, 3.8) is 0 Å². The lowest BCUT2D eigenvalue weighted by molar-refractivity contribution is 0.246. The van der Waals surface area contributed by atoms with Crippen molar-refractivity contribution in [2.75, 3.05) is 20.1 Å². The number of hydrogen-bond donors (Lipinski definition) is 0. The minimum absolute atomic E-state index is 0.612. The Hall–Kier alpha value is -0.540. The van der Waals surface area contributed by atoms with Gasteiger partial charge in [0.1, 0.15) is 5.82 Å². The van der Waals surface area contributed by atoms with Crippen LogP contribution in [0.5, 0.6) is 0 Å². The van der Waals surface area contributed by atoms with Crippen molar-refractivity contribution in [2.24, 2.45) is 5.92 Å². The summed E-state index contributed by atoms with van der Waals surface area (Å²) in [5.74, 6) is 2.62. The number of rotatable bonds is 1. The van der Waals surface area contributed by atoms with E-state index in [4.69, 9.17) is 11.6 Å². The maximum Gasteiger partial charge on any atom is 0.150 e. The predicted molar refractivity (Wildman–Crippen MR) is 74.2 cm³/mol. The predicted octanol–water partition coefficient (Wildman–Crippen LogP) is 2.93. The third-order valence-corrected chi connectivity index (χ3v) is 4.83. The van der Waals surface area contributed by atoms with Crippen molar-refractivity contribution in [2.45, 2.75) is 45.1 Å². The quantitative estimate of drug-likeness (QED) is 0.780. The van der Waals surface area contributed by atoms with Gasteiger partial charge in [-0.25, -0.2) is 4.98 Å². The van der Waals surface area contributed by atoms with Crippen molar-refractivity contribution < 1.29 is 0 Å². The van der Waals surface area contributed by atoms with E-state index in [0.717, 1.165) is 24.0 Å². The summed E-state index contributed by atoms with van der Waals surface area (Å²) in [6.45, 7) is 5.78. The number of fused-ring (bicyclic) bond motifs is 1. The van der Waals surface area contributed by atoms with E-state index in [0.29, 0.717) is 5.92 Å². The van der Waals surface area contributed by atoms with Gasteiger partial charge in [-0.05, 0) is 51.7 Å². The van der Waals surface area contributed by atoms with E-state index in [1.807, 2.05) is 0 Å². The first-order valence-electron chi connectivity index (χ1n) is 7.08. The van der Waals surface area contributed by atoms with Crippen molar-refractivity contribution in [3.8, 4) is 0 Å². The molecule has 1 fully saturated rings. The number of hydrogen-bond acceptors (Lipinski definition) is 2. The molecule has 3 nitrogen and oxygen atoms in total. The molecule has 1 atom stereocenters. The van der Waals surface area contributed by atoms with Crippen LogP contribution < -0.4 is 0 Å². The Kier molecular flexibility index (Phi) is 3.37. The monoisotopic (exact) mass is 267 g/mol. The van der Waals surface area contributed by atoms with Crippen molar-refractivity contribution in [1.29, 1.82) is 0 Å². The average molecular weight is 268 g/mol. The second-order valence-electron chi connectivity index (χ2n) is 6.03. The molecule has 0 N–H and O–H groups in total. The Morgan fingerprint density at radius 1 is 1.17 bits per heavy atom. The molecule has 0 amide bonds. The smallest absolute Gasteiger partial charge is 0.150 e.